The van der Waals surface area contributed by atoms with Crippen LogP contribution in [0.1, 0.15) is 170 Å². The molecule has 3 saturated heterocycles. The number of aromatic hydroxyl groups is 1. The van der Waals surface area contributed by atoms with Crippen LogP contribution in [0.15, 0.2) is 128 Å². The van der Waals surface area contributed by atoms with Gasteiger partial charge in [0.25, 0.3) is 0 Å². The predicted molar refractivity (Wildman–Crippen MR) is 528 cm³/mol. The fourth-order valence-electron chi connectivity index (χ4n) is 18.1. The molecule has 3 aromatic heterocycles. The Morgan fingerprint density at radius 1 is 0.490 bits per heavy atom. The number of aromatic amines is 3. The van der Waals surface area contributed by atoms with E-state index >= 15 is 47.9 Å². The number of phenolic OH excluding ortho intramolecular Hbond substituents is 1. The van der Waals surface area contributed by atoms with Crippen LogP contribution >= 0.6 is 11.8 Å². The Labute approximate surface area is 831 Å². The number of likely N-dealkylation sites (N-methyl/N-ethyl adjacent to an activating group) is 3. The Morgan fingerprint density at radius 3 is 1.61 bits per heavy atom. The quantitative estimate of drug-likeness (QED) is 0.0269. The lowest BCUT2D eigenvalue weighted by Gasteiger charge is -2.36. The number of nitrogens with two attached hydrogens (primary N) is 3. The van der Waals surface area contributed by atoms with Crippen molar-refractivity contribution in [1.82, 2.24) is 97.6 Å². The zero-order chi connectivity index (χ0) is 104. The fourth-order valence-corrected chi connectivity index (χ4v) is 19.0. The number of unbranched alkanes of at least 4 members (excludes halogenated alkanes) is 4. The third-order valence-corrected chi connectivity index (χ3v) is 27.3. The van der Waals surface area contributed by atoms with E-state index in [1.165, 1.54) is 74.7 Å². The normalized spacial score (nSPS) is 24.0. The van der Waals surface area contributed by atoms with Crippen molar-refractivity contribution in [3.63, 3.8) is 0 Å². The van der Waals surface area contributed by atoms with E-state index in [0.717, 1.165) is 20.3 Å². The Bertz CT molecular complexity index is 5610. The van der Waals surface area contributed by atoms with Gasteiger partial charge in [-0.3, -0.25) is 86.3 Å². The van der Waals surface area contributed by atoms with Crippen LogP contribution in [0.4, 0.5) is 0 Å². The van der Waals surface area contributed by atoms with Crippen LogP contribution in [0.5, 0.6) is 5.75 Å². The van der Waals surface area contributed by atoms with Gasteiger partial charge in [-0.25, -0.2) is 4.98 Å². The molecule has 10 rings (SSSR count). The van der Waals surface area contributed by atoms with Gasteiger partial charge in [0.1, 0.15) is 90.3 Å². The monoisotopic (exact) mass is 2000 g/mol. The van der Waals surface area contributed by atoms with Gasteiger partial charge in [0.05, 0.1) is 30.7 Å². The van der Waals surface area contributed by atoms with Gasteiger partial charge in [-0.1, -0.05) is 118 Å². The second kappa shape index (κ2) is 54.1. The Balaban J connectivity index is 1.06. The van der Waals surface area contributed by atoms with E-state index in [9.17, 15) is 53.7 Å². The molecule has 0 aliphatic carbocycles. The van der Waals surface area contributed by atoms with E-state index in [0.29, 0.717) is 82.4 Å². The number of aliphatic carboxylic acids is 2. The van der Waals surface area contributed by atoms with Gasteiger partial charge >= 0.3 is 11.9 Å². The van der Waals surface area contributed by atoms with Crippen LogP contribution in [0.2, 0.25) is 0 Å². The molecule has 16 amide bonds. The average Bonchev–Trinajstić information content (AvgIpc) is 1.64. The van der Waals surface area contributed by atoms with E-state index in [2.05, 4.69) is 73.1 Å². The summed E-state index contributed by atoms with van der Waals surface area (Å²) in [5.41, 5.74) is 21.4. The van der Waals surface area contributed by atoms with Crippen LogP contribution < -0.4 is 70.4 Å². The first-order valence-corrected chi connectivity index (χ1v) is 49.7. The first-order chi connectivity index (χ1) is 68.5. The highest BCUT2D eigenvalue weighted by molar-refractivity contribution is 8.00. The van der Waals surface area contributed by atoms with Gasteiger partial charge < -0.3 is 125 Å². The number of carboxylic acid groups (broad SMARTS) is 2. The minimum atomic E-state index is -1.91. The maximum Gasteiger partial charge on any atom is 0.305 e. The molecular formula is C99H134N22O21S. The standard InChI is InChI=1S/C99H134N22O21S/c1-7-9-31-78-92(135)110-70(38-39-84(125)126)89(132)116-77(87(130)106-52-82(102)123)54-143-55-83(124)108-74(43-58-34-36-64(122)37-35-58)95(138)117(4)57(3)86(129)114-76(48-85(127)128)98(141)120-42-22-33-79(120)93(136)113-73(47-63-51-103-56-107-63)91(134)111-71(30-19-21-41-101)97(140)121-53-62(59-23-12-11-13-24-59)46-81(121)94(137)112-72(44-60-49-104-67-27-16-14-25-65(60)67)90(133)109-69(29-18-20-40-100)88(131)115-75(45-61-50-105-68-28-17-15-26-66(61)68)96(139)119(6)80(32-10-8-2)99(142)118(78)5/h11-17,23-28,34-37,49-51,56-57,62,69-81,104-105,122H,7-10,18-22,29-33,38-48,52-55,100-101H2,1-6H3,(H2,102,123)(H,103,107)(H,106,130)(H,108,124)(H,109,133)(H,110,135)(H,111,134)(H,112,137)(H,113,136)(H,114,129)(H,115,131)(H,116,132)(H,125,126)(H,127,128)/t57-,62+,69-,70-,71-,72-,73-,74-,75-,76-,77-,78-,79-,80-,81-/m0/s1. The number of nitrogens with zero attached hydrogens (tertiary/aromatic N) is 6. The number of hydrogen-bond acceptors (Lipinski definition) is 23. The molecule has 3 aliphatic heterocycles. The van der Waals surface area contributed by atoms with E-state index in [4.69, 9.17) is 17.2 Å². The lowest BCUT2D eigenvalue weighted by atomic mass is 9.96. The number of carbonyl (C=O) groups excluding carboxylic acids is 16. The number of phenols is 1. The maximum absolute atomic E-state index is 16.0. The molecule has 4 aromatic carbocycles. The number of nitrogens with one attached hydrogen (secondary N) is 13. The minimum absolute atomic E-state index is 0.0135. The number of rotatable bonds is 31. The summed E-state index contributed by atoms with van der Waals surface area (Å²) in [7, 11) is 3.88. The highest BCUT2D eigenvalue weighted by atomic mass is 32.2. The second-order valence-corrected chi connectivity index (χ2v) is 37.6. The Kier molecular flexibility index (Phi) is 41.9. The number of benzene rings is 4. The van der Waals surface area contributed by atoms with Gasteiger partial charge in [-0.05, 0) is 144 Å². The number of carbonyl (C=O) groups is 18. The maximum atomic E-state index is 16.0. The summed E-state index contributed by atoms with van der Waals surface area (Å²) < 4.78 is 0. The summed E-state index contributed by atoms with van der Waals surface area (Å²) in [6.07, 6.45) is 5.20. The molecule has 43 nitrogen and oxygen atoms in total. The smallest absolute Gasteiger partial charge is 0.305 e. The van der Waals surface area contributed by atoms with Crippen LogP contribution in [0.3, 0.4) is 0 Å². The van der Waals surface area contributed by atoms with Crippen molar-refractivity contribution < 1.29 is 102 Å². The number of carboxylic acids is 2. The highest BCUT2D eigenvalue weighted by Crippen LogP contribution is 2.35. The number of H-pyrrole nitrogens is 3. The Morgan fingerprint density at radius 2 is 1.01 bits per heavy atom. The summed E-state index contributed by atoms with van der Waals surface area (Å²) in [6, 6.07) is 7.13. The topological polar surface area (TPSA) is 643 Å². The van der Waals surface area contributed by atoms with Crippen LogP contribution in [-0.4, -0.2) is 316 Å². The zero-order valence-corrected chi connectivity index (χ0v) is 82.1. The predicted octanol–water partition coefficient (Wildman–Crippen LogP) is 0.914. The van der Waals surface area contributed by atoms with Crippen LogP contribution in [0.25, 0.3) is 21.8 Å². The highest BCUT2D eigenvalue weighted by Gasteiger charge is 2.47. The van der Waals surface area contributed by atoms with Crippen molar-refractivity contribution >= 4 is 140 Å². The van der Waals surface area contributed by atoms with Crippen LogP contribution in [0, 0.1) is 0 Å². The molecular weight excluding hydrogens is 1870 g/mol. The number of para-hydroxylation sites is 2. The van der Waals surface area contributed by atoms with Gasteiger partial charge in [-0.15, -0.1) is 11.8 Å². The molecule has 143 heavy (non-hydrogen) atoms. The first kappa shape index (κ1) is 111. The van der Waals surface area contributed by atoms with Gasteiger partial charge in [0.2, 0.25) is 94.5 Å². The van der Waals surface area contributed by atoms with Gasteiger partial charge in [0.15, 0.2) is 0 Å². The molecule has 772 valence electrons. The summed E-state index contributed by atoms with van der Waals surface area (Å²) in [5, 5.41) is 59.0. The van der Waals surface area contributed by atoms with Crippen molar-refractivity contribution in [2.24, 2.45) is 17.2 Å². The number of hydrogen-bond donors (Lipinski definition) is 19. The SMILES string of the molecule is CCCC[C@H]1C(=O)N(C)[C@@H](CCCC)C(=O)N[C@@H](CCC(=O)O)C(=O)N[C@H](C(=O)NCC(N)=O)CSCC(=O)N[C@@H](Cc2ccc(O)cc2)C(=O)N(C)[C@@H](C)C(=O)N[C@@H](CC(=O)O)C(=O)N2CCC[C@H]2C(=O)N[C@@H](Cc2c[nH]cn2)C(=O)N[C@@H](CCCCN)C(=O)N2C[C@H](c3ccccc3)C[C@H]2C(=O)N[C@@H](Cc2c[nH]c3ccccc23)C(=O)N[C@@H](CCCCN)C(=O)N[C@@H](Cc2c[nH]c3ccccc23)C(=O)N1C. The van der Waals surface area contributed by atoms with Crippen molar-refractivity contribution in [3.8, 4) is 5.75 Å². The molecule has 3 fully saturated rings. The average molecular weight is 2000 g/mol. The molecule has 15 atom stereocenters. The number of fused-ring (bicyclic) bond motifs is 4. The molecule has 7 aromatic rings. The molecule has 0 radical (unpaired) electrons. The van der Waals surface area contributed by atoms with Crippen molar-refractivity contribution in [1.29, 1.82) is 0 Å². The third kappa shape index (κ3) is 31.1. The first-order valence-electron chi connectivity index (χ1n) is 48.5. The minimum Gasteiger partial charge on any atom is -0.508 e. The number of aromatic nitrogens is 4. The summed E-state index contributed by atoms with van der Waals surface area (Å²) >= 11 is 0.709. The van der Waals surface area contributed by atoms with E-state index in [1.54, 1.807) is 54.9 Å². The molecule has 0 bridgehead atoms. The number of primary amides is 1. The fraction of sp³-hybridized carbons (Fsp3) is 0.505. The molecule has 22 N–H and O–H groups in total. The second-order valence-electron chi connectivity index (χ2n) is 36.5. The van der Waals surface area contributed by atoms with Crippen molar-refractivity contribution in [3.05, 3.63) is 156 Å². The summed E-state index contributed by atoms with van der Waals surface area (Å²) in [5.74, 6) is -19.7. The lowest BCUT2D eigenvalue weighted by molar-refractivity contribution is -0.149. The number of thioether (sulfide) groups is 1. The van der Waals surface area contributed by atoms with E-state index in [1.807, 2.05) is 50.2 Å². The Hall–Kier alpha value is -14.3. The van der Waals surface area contributed by atoms with Gasteiger partial charge in [-0.2, -0.15) is 0 Å². The molecule has 0 spiro atoms. The summed E-state index contributed by atoms with van der Waals surface area (Å²) in [6.45, 7) is 4.19. The van der Waals surface area contributed by atoms with Crippen molar-refractivity contribution in [2.75, 3.05) is 65.4 Å². The molecule has 0 saturated carbocycles. The molecule has 3 aliphatic rings. The molecule has 6 heterocycles. The third-order valence-electron chi connectivity index (χ3n) is 26.2. The van der Waals surface area contributed by atoms with E-state index in [-0.39, 0.29) is 128 Å². The largest absolute Gasteiger partial charge is 0.508 e. The number of imidazole rings is 1. The molecule has 44 heteroatoms. The van der Waals surface area contributed by atoms with Crippen molar-refractivity contribution in [2.45, 2.75) is 253 Å². The van der Waals surface area contributed by atoms with Crippen LogP contribution in [-0.2, 0) is 112 Å². The molecule has 0 unspecified atom stereocenters. The van der Waals surface area contributed by atoms with Gasteiger partial charge in [0, 0.05) is 118 Å². The zero-order valence-electron chi connectivity index (χ0n) is 81.3. The number of amides is 16. The summed E-state index contributed by atoms with van der Waals surface area (Å²) in [4.78, 5) is 286. The lowest BCUT2D eigenvalue weighted by Crippen LogP contribution is -2.61. The van der Waals surface area contributed by atoms with E-state index < -0.39 is 234 Å².